The van der Waals surface area contributed by atoms with Gasteiger partial charge < -0.3 is 19.8 Å². The fourth-order valence-electron chi connectivity index (χ4n) is 4.98. The molecule has 2 heterocycles. The molecule has 1 amide bonds. The summed E-state index contributed by atoms with van der Waals surface area (Å²) < 4.78 is 32.8. The highest BCUT2D eigenvalue weighted by Gasteiger charge is 2.35. The normalized spacial score (nSPS) is 21.1. The lowest BCUT2D eigenvalue weighted by atomic mass is 9.91. The Morgan fingerprint density at radius 1 is 1.17 bits per heavy atom. The molecule has 2 N–H and O–H groups in total. The standard InChI is InChI=1S/C26H35N3O6S/c1-27(13-14-30)36(33,34)21-8-9-25-23(16-21)22(11-15-35-25)26(32)28(2)24(19-6-4-3-5-7-19)18-29-12-10-20(31)17-29/h3-9,16,20,22,24,30-31H,10-15,17-18H2,1-2H3/t20-,22-,24-/m0/s1. The average Bonchev–Trinajstić information content (AvgIpc) is 3.31. The maximum absolute atomic E-state index is 13.9. The van der Waals surface area contributed by atoms with E-state index in [1.165, 1.54) is 19.2 Å². The van der Waals surface area contributed by atoms with Crippen LogP contribution in [0.4, 0.5) is 0 Å². The molecule has 9 nitrogen and oxygen atoms in total. The van der Waals surface area contributed by atoms with Crippen molar-refractivity contribution in [2.45, 2.75) is 35.8 Å². The van der Waals surface area contributed by atoms with Gasteiger partial charge in [-0.05, 0) is 36.6 Å². The Hall–Kier alpha value is -2.50. The highest BCUT2D eigenvalue weighted by Crippen LogP contribution is 2.38. The summed E-state index contributed by atoms with van der Waals surface area (Å²) in [7, 11) is -0.618. The number of rotatable bonds is 9. The highest BCUT2D eigenvalue weighted by atomic mass is 32.2. The molecule has 0 aromatic heterocycles. The van der Waals surface area contributed by atoms with Gasteiger partial charge in [0.2, 0.25) is 15.9 Å². The zero-order valence-electron chi connectivity index (χ0n) is 20.8. The number of sulfonamides is 1. The quantitative estimate of drug-likeness (QED) is 0.518. The van der Waals surface area contributed by atoms with Crippen molar-refractivity contribution in [3.8, 4) is 5.75 Å². The van der Waals surface area contributed by atoms with Crippen molar-refractivity contribution >= 4 is 15.9 Å². The van der Waals surface area contributed by atoms with Gasteiger partial charge in [0.05, 0.1) is 36.2 Å². The number of nitrogens with zero attached hydrogens (tertiary/aromatic N) is 3. The Morgan fingerprint density at radius 3 is 2.58 bits per heavy atom. The zero-order valence-corrected chi connectivity index (χ0v) is 21.6. The van der Waals surface area contributed by atoms with Gasteiger partial charge >= 0.3 is 0 Å². The van der Waals surface area contributed by atoms with E-state index in [0.717, 1.165) is 16.4 Å². The first-order valence-corrected chi connectivity index (χ1v) is 13.7. The number of carbonyl (C=O) groups is 1. The smallest absolute Gasteiger partial charge is 0.242 e. The second kappa shape index (κ2) is 11.3. The van der Waals surface area contributed by atoms with Gasteiger partial charge in [-0.3, -0.25) is 9.69 Å². The zero-order chi connectivity index (χ0) is 25.9. The number of hydrogen-bond donors (Lipinski definition) is 2. The molecule has 2 aromatic rings. The van der Waals surface area contributed by atoms with Gasteiger partial charge in [0, 0.05) is 45.8 Å². The van der Waals surface area contributed by atoms with E-state index in [1.807, 2.05) is 30.3 Å². The van der Waals surface area contributed by atoms with Crippen molar-refractivity contribution in [2.75, 3.05) is 53.5 Å². The van der Waals surface area contributed by atoms with Crippen LogP contribution in [-0.2, 0) is 14.8 Å². The molecule has 0 radical (unpaired) electrons. The van der Waals surface area contributed by atoms with E-state index in [0.29, 0.717) is 43.9 Å². The molecule has 1 fully saturated rings. The molecule has 0 saturated carbocycles. The molecule has 2 aliphatic rings. The lowest BCUT2D eigenvalue weighted by Gasteiger charge is -2.36. The van der Waals surface area contributed by atoms with Gasteiger partial charge in [-0.15, -0.1) is 0 Å². The van der Waals surface area contributed by atoms with Crippen molar-refractivity contribution in [1.82, 2.24) is 14.1 Å². The molecule has 2 aliphatic heterocycles. The number of aliphatic hydroxyl groups excluding tert-OH is 2. The third-order valence-corrected chi connectivity index (χ3v) is 8.97. The number of likely N-dealkylation sites (tertiary alicyclic amines) is 1. The summed E-state index contributed by atoms with van der Waals surface area (Å²) >= 11 is 0. The summed E-state index contributed by atoms with van der Waals surface area (Å²) in [5, 5.41) is 19.2. The fourth-order valence-corrected chi connectivity index (χ4v) is 6.18. The van der Waals surface area contributed by atoms with Gasteiger partial charge in [-0.1, -0.05) is 30.3 Å². The van der Waals surface area contributed by atoms with Gasteiger partial charge in [-0.2, -0.15) is 4.31 Å². The molecule has 196 valence electrons. The van der Waals surface area contributed by atoms with E-state index >= 15 is 0 Å². The molecule has 0 spiro atoms. The largest absolute Gasteiger partial charge is 0.493 e. The van der Waals surface area contributed by atoms with Crippen LogP contribution in [0.25, 0.3) is 0 Å². The van der Waals surface area contributed by atoms with Gasteiger partial charge in [0.15, 0.2) is 0 Å². The number of β-amino-alcohol motifs (C(OH)–C–C–N with tert-alkyl or cyclic N) is 1. The number of aliphatic hydroxyl groups is 2. The van der Waals surface area contributed by atoms with Crippen molar-refractivity contribution in [3.05, 3.63) is 59.7 Å². The third kappa shape index (κ3) is 5.57. The maximum atomic E-state index is 13.9. The van der Waals surface area contributed by atoms with Crippen LogP contribution < -0.4 is 4.74 Å². The minimum Gasteiger partial charge on any atom is -0.493 e. The Balaban J connectivity index is 1.63. The molecule has 3 atom stereocenters. The van der Waals surface area contributed by atoms with Crippen molar-refractivity contribution in [1.29, 1.82) is 0 Å². The average molecular weight is 518 g/mol. The topological polar surface area (TPSA) is 111 Å². The van der Waals surface area contributed by atoms with E-state index in [2.05, 4.69) is 4.90 Å². The molecule has 1 saturated heterocycles. The van der Waals surface area contributed by atoms with Gasteiger partial charge in [0.25, 0.3) is 0 Å². The summed E-state index contributed by atoms with van der Waals surface area (Å²) in [6, 6.07) is 14.2. The summed E-state index contributed by atoms with van der Waals surface area (Å²) in [6.45, 7) is 2.00. The predicted octanol–water partition coefficient (Wildman–Crippen LogP) is 1.43. The second-order valence-electron chi connectivity index (χ2n) is 9.52. The van der Waals surface area contributed by atoms with Crippen LogP contribution >= 0.6 is 0 Å². The number of amides is 1. The molecular formula is C26H35N3O6S. The lowest BCUT2D eigenvalue weighted by molar-refractivity contribution is -0.134. The van der Waals surface area contributed by atoms with Crippen LogP contribution in [0.3, 0.4) is 0 Å². The van der Waals surface area contributed by atoms with E-state index in [9.17, 15) is 23.4 Å². The Morgan fingerprint density at radius 2 is 1.92 bits per heavy atom. The van der Waals surface area contributed by atoms with E-state index in [1.54, 1.807) is 18.0 Å². The number of hydrogen-bond acceptors (Lipinski definition) is 7. The van der Waals surface area contributed by atoms with Gasteiger partial charge in [0.1, 0.15) is 5.75 Å². The van der Waals surface area contributed by atoms with Crippen LogP contribution in [0.15, 0.2) is 53.4 Å². The van der Waals surface area contributed by atoms with Crippen LogP contribution in [0, 0.1) is 0 Å². The monoisotopic (exact) mass is 517 g/mol. The lowest BCUT2D eigenvalue weighted by Crippen LogP contribution is -2.42. The second-order valence-corrected chi connectivity index (χ2v) is 11.6. The minimum absolute atomic E-state index is 0.0228. The third-order valence-electron chi connectivity index (χ3n) is 7.12. The van der Waals surface area contributed by atoms with Crippen LogP contribution in [0.2, 0.25) is 0 Å². The van der Waals surface area contributed by atoms with Crippen LogP contribution in [0.5, 0.6) is 5.75 Å². The summed E-state index contributed by atoms with van der Waals surface area (Å²) in [5.74, 6) is -0.144. The first-order chi connectivity index (χ1) is 17.2. The molecular weight excluding hydrogens is 482 g/mol. The minimum atomic E-state index is -3.82. The van der Waals surface area contributed by atoms with E-state index in [-0.39, 0.29) is 36.1 Å². The van der Waals surface area contributed by atoms with Crippen molar-refractivity contribution < 1.29 is 28.2 Å². The maximum Gasteiger partial charge on any atom is 0.242 e. The van der Waals surface area contributed by atoms with E-state index in [4.69, 9.17) is 4.74 Å². The molecule has 0 bridgehead atoms. The SMILES string of the molecule is CN(C(=O)[C@H]1CCOc2ccc(S(=O)(=O)N(C)CCO)cc21)[C@@H](CN1CC[C@H](O)C1)c1ccccc1. The Kier molecular flexibility index (Phi) is 8.31. The van der Waals surface area contributed by atoms with Crippen molar-refractivity contribution in [2.24, 2.45) is 0 Å². The Labute approximate surface area is 212 Å². The van der Waals surface area contributed by atoms with E-state index < -0.39 is 15.9 Å². The molecule has 0 aliphatic carbocycles. The van der Waals surface area contributed by atoms with Gasteiger partial charge in [-0.25, -0.2) is 8.42 Å². The predicted molar refractivity (Wildman–Crippen MR) is 135 cm³/mol. The molecule has 36 heavy (non-hydrogen) atoms. The molecule has 2 aromatic carbocycles. The summed E-state index contributed by atoms with van der Waals surface area (Å²) in [4.78, 5) is 17.9. The fraction of sp³-hybridized carbons (Fsp3) is 0.500. The first kappa shape index (κ1) is 26.6. The number of ether oxygens (including phenoxy) is 1. The van der Waals surface area contributed by atoms with Crippen LogP contribution in [0.1, 0.15) is 35.9 Å². The van der Waals surface area contributed by atoms with Crippen molar-refractivity contribution in [3.63, 3.8) is 0 Å². The number of likely N-dealkylation sites (N-methyl/N-ethyl adjacent to an activating group) is 2. The highest BCUT2D eigenvalue weighted by molar-refractivity contribution is 7.89. The first-order valence-electron chi connectivity index (χ1n) is 12.3. The molecule has 0 unspecified atom stereocenters. The molecule has 4 rings (SSSR count). The number of carbonyl (C=O) groups excluding carboxylic acids is 1. The molecule has 10 heteroatoms. The van der Waals surface area contributed by atoms with Crippen LogP contribution in [-0.4, -0.2) is 98.2 Å². The summed E-state index contributed by atoms with van der Waals surface area (Å²) in [5.41, 5.74) is 1.56. The summed E-state index contributed by atoms with van der Waals surface area (Å²) in [6.07, 6.45) is 0.805. The number of benzene rings is 2. The Bertz CT molecular complexity index is 1160. The number of fused-ring (bicyclic) bond motifs is 1.